The first kappa shape index (κ1) is 16.5. The molecule has 7 atom stereocenters. The first-order chi connectivity index (χ1) is 10.3. The van der Waals surface area contributed by atoms with Crippen molar-refractivity contribution in [3.05, 3.63) is 12.2 Å². The predicted molar refractivity (Wildman–Crippen MR) is 85.0 cm³/mol. The number of hydrogen-bond donors (Lipinski definition) is 2. The van der Waals surface area contributed by atoms with Crippen LogP contribution in [0.25, 0.3) is 0 Å². The van der Waals surface area contributed by atoms with Crippen molar-refractivity contribution in [1.29, 1.82) is 0 Å². The molecule has 3 aliphatic carbocycles. The van der Waals surface area contributed by atoms with E-state index in [1.807, 2.05) is 0 Å². The van der Waals surface area contributed by atoms with E-state index in [9.17, 15) is 15.3 Å². The Kier molecular flexibility index (Phi) is 4.20. The van der Waals surface area contributed by atoms with Crippen LogP contribution in [-0.4, -0.2) is 29.0 Å². The van der Waals surface area contributed by atoms with Gasteiger partial charge in [-0.3, -0.25) is 0 Å². The van der Waals surface area contributed by atoms with Gasteiger partial charge in [-0.15, -0.1) is 6.10 Å². The molecule has 3 fully saturated rings. The van der Waals surface area contributed by atoms with Crippen molar-refractivity contribution in [3.8, 4) is 0 Å². The molecule has 3 unspecified atom stereocenters. The van der Waals surface area contributed by atoms with E-state index in [0.29, 0.717) is 6.42 Å². The van der Waals surface area contributed by atoms with E-state index in [0.717, 1.165) is 38.5 Å². The Balaban J connectivity index is 1.85. The van der Waals surface area contributed by atoms with Crippen LogP contribution in [0.4, 0.5) is 0 Å². The molecule has 0 aromatic heterocycles. The molecular formula is C19H31O3-. The van der Waals surface area contributed by atoms with Crippen molar-refractivity contribution in [2.24, 2.45) is 28.6 Å². The highest BCUT2D eigenvalue weighted by Gasteiger charge is 2.53. The average molecular weight is 307 g/mol. The van der Waals surface area contributed by atoms with E-state index in [1.54, 1.807) is 0 Å². The highest BCUT2D eigenvalue weighted by atomic mass is 16.3. The molecule has 0 bridgehead atoms. The van der Waals surface area contributed by atoms with Crippen molar-refractivity contribution in [2.45, 2.75) is 71.0 Å². The Bertz CT molecular complexity index is 448. The van der Waals surface area contributed by atoms with Crippen molar-refractivity contribution in [3.63, 3.8) is 0 Å². The number of hydrogen-bond acceptors (Lipinski definition) is 3. The van der Waals surface area contributed by atoms with Gasteiger partial charge in [0.2, 0.25) is 0 Å². The summed E-state index contributed by atoms with van der Waals surface area (Å²) in [7, 11) is 0. The molecular weight excluding hydrogens is 276 g/mol. The van der Waals surface area contributed by atoms with Gasteiger partial charge in [0.15, 0.2) is 0 Å². The second-order valence-electron chi connectivity index (χ2n) is 8.59. The third-order valence-corrected chi connectivity index (χ3v) is 7.72. The summed E-state index contributed by atoms with van der Waals surface area (Å²) >= 11 is 0. The molecule has 126 valence electrons. The number of fused-ring (bicyclic) bond motifs is 1. The van der Waals surface area contributed by atoms with Gasteiger partial charge in [0.1, 0.15) is 0 Å². The fourth-order valence-corrected chi connectivity index (χ4v) is 5.86. The monoisotopic (exact) mass is 307 g/mol. The van der Waals surface area contributed by atoms with Crippen LogP contribution in [0, 0.1) is 28.6 Å². The molecule has 0 aliphatic heterocycles. The molecule has 0 amide bonds. The summed E-state index contributed by atoms with van der Waals surface area (Å²) in [6, 6.07) is 0. The quantitative estimate of drug-likeness (QED) is 0.769. The van der Waals surface area contributed by atoms with Crippen molar-refractivity contribution < 1.29 is 15.3 Å². The number of aliphatic hydroxyl groups excluding tert-OH is 2. The standard InChI is InChI=1S/C19H31O3/c1-12-4-5-15-17(22)16(7-9-18(12,15)2)19(3)8-6-14(21)10-13(19)11-20/h13-17,20-21H,1,4-11H2,2-3H3/q-1/t13-,14+,15?,16?,17?,18-,19+/m1/s1. The highest BCUT2D eigenvalue weighted by Crippen LogP contribution is 2.60. The fourth-order valence-electron chi connectivity index (χ4n) is 5.86. The van der Waals surface area contributed by atoms with Crippen LogP contribution >= 0.6 is 0 Å². The first-order valence-electron chi connectivity index (χ1n) is 8.96. The van der Waals surface area contributed by atoms with Crippen molar-refractivity contribution in [1.82, 2.24) is 0 Å². The van der Waals surface area contributed by atoms with Crippen LogP contribution in [0.5, 0.6) is 0 Å². The maximum absolute atomic E-state index is 13.3. The minimum absolute atomic E-state index is 0.0438. The molecule has 3 nitrogen and oxygen atoms in total. The Morgan fingerprint density at radius 2 is 1.91 bits per heavy atom. The SMILES string of the molecule is C=C1CCC2C([O-])C([C@@]3(C)CC[C@H](O)C[C@@H]3CO)CC[C@]12C. The lowest BCUT2D eigenvalue weighted by molar-refractivity contribution is -0.465. The van der Waals surface area contributed by atoms with Gasteiger partial charge in [-0.25, -0.2) is 0 Å². The van der Waals surface area contributed by atoms with Gasteiger partial charge in [0.25, 0.3) is 0 Å². The Hall–Kier alpha value is -0.380. The summed E-state index contributed by atoms with van der Waals surface area (Å²) in [5.74, 6) is 0.398. The molecule has 3 saturated carbocycles. The lowest BCUT2D eigenvalue weighted by Crippen LogP contribution is -2.57. The Labute approximate surface area is 134 Å². The van der Waals surface area contributed by atoms with Gasteiger partial charge in [0.05, 0.1) is 6.10 Å². The smallest absolute Gasteiger partial charge is 0.0544 e. The summed E-state index contributed by atoms with van der Waals surface area (Å²) in [6.45, 7) is 8.75. The minimum Gasteiger partial charge on any atom is -0.852 e. The van der Waals surface area contributed by atoms with Crippen LogP contribution < -0.4 is 5.11 Å². The minimum atomic E-state index is -0.549. The molecule has 0 heterocycles. The van der Waals surface area contributed by atoms with Crippen molar-refractivity contribution in [2.75, 3.05) is 6.61 Å². The molecule has 0 spiro atoms. The molecule has 2 N–H and O–H groups in total. The average Bonchev–Trinajstić information content (AvgIpc) is 2.78. The van der Waals surface area contributed by atoms with Gasteiger partial charge in [0, 0.05) is 6.61 Å². The zero-order chi connectivity index (χ0) is 16.1. The van der Waals surface area contributed by atoms with Gasteiger partial charge < -0.3 is 15.3 Å². The summed E-state index contributed by atoms with van der Waals surface area (Å²) < 4.78 is 0. The summed E-state index contributed by atoms with van der Waals surface area (Å²) in [6.07, 6.45) is 5.43. The molecule has 0 aromatic rings. The molecule has 0 aromatic carbocycles. The van der Waals surface area contributed by atoms with E-state index < -0.39 is 6.10 Å². The zero-order valence-corrected chi connectivity index (χ0v) is 14.1. The van der Waals surface area contributed by atoms with Gasteiger partial charge in [-0.1, -0.05) is 32.4 Å². The third kappa shape index (κ3) is 2.28. The Morgan fingerprint density at radius 3 is 2.59 bits per heavy atom. The maximum Gasteiger partial charge on any atom is 0.0544 e. The molecule has 3 aliphatic rings. The van der Waals surface area contributed by atoms with E-state index in [-0.39, 0.29) is 41.3 Å². The van der Waals surface area contributed by atoms with Crippen molar-refractivity contribution >= 4 is 0 Å². The van der Waals surface area contributed by atoms with E-state index in [4.69, 9.17) is 0 Å². The zero-order valence-electron chi connectivity index (χ0n) is 14.1. The van der Waals surface area contributed by atoms with Crippen LogP contribution in [0.1, 0.15) is 58.8 Å². The topological polar surface area (TPSA) is 63.5 Å². The highest BCUT2D eigenvalue weighted by molar-refractivity contribution is 5.20. The second kappa shape index (κ2) is 5.61. The maximum atomic E-state index is 13.3. The lowest BCUT2D eigenvalue weighted by Gasteiger charge is -2.59. The van der Waals surface area contributed by atoms with E-state index in [2.05, 4.69) is 20.4 Å². The third-order valence-electron chi connectivity index (χ3n) is 7.72. The fraction of sp³-hybridized carbons (Fsp3) is 0.895. The van der Waals surface area contributed by atoms with E-state index in [1.165, 1.54) is 5.57 Å². The summed E-state index contributed by atoms with van der Waals surface area (Å²) in [5.41, 5.74) is 1.20. The van der Waals surface area contributed by atoms with Crippen LogP contribution in [0.15, 0.2) is 12.2 Å². The Morgan fingerprint density at radius 1 is 1.18 bits per heavy atom. The lowest BCUT2D eigenvalue weighted by atomic mass is 9.52. The molecule has 3 rings (SSSR count). The first-order valence-corrected chi connectivity index (χ1v) is 8.96. The van der Waals surface area contributed by atoms with Gasteiger partial charge >= 0.3 is 0 Å². The number of rotatable bonds is 2. The molecule has 3 heteroatoms. The molecule has 22 heavy (non-hydrogen) atoms. The van der Waals surface area contributed by atoms with Gasteiger partial charge in [-0.2, -0.15) is 0 Å². The summed E-state index contributed by atoms with van der Waals surface area (Å²) in [4.78, 5) is 0. The second-order valence-corrected chi connectivity index (χ2v) is 8.59. The van der Waals surface area contributed by atoms with E-state index >= 15 is 0 Å². The molecule has 0 saturated heterocycles. The van der Waals surface area contributed by atoms with Crippen LogP contribution in [0.3, 0.4) is 0 Å². The summed E-state index contributed by atoms with van der Waals surface area (Å²) in [5, 5.41) is 33.0. The van der Waals surface area contributed by atoms with Gasteiger partial charge in [-0.05, 0) is 67.1 Å². The number of aliphatic hydroxyl groups is 2. The van der Waals surface area contributed by atoms with Crippen LogP contribution in [-0.2, 0) is 0 Å². The normalized spacial score (nSPS) is 52.6. The number of allylic oxidation sites excluding steroid dienone is 1. The van der Waals surface area contributed by atoms with Crippen LogP contribution in [0.2, 0.25) is 0 Å². The largest absolute Gasteiger partial charge is 0.852 e. The molecule has 0 radical (unpaired) electrons. The predicted octanol–water partition coefficient (Wildman–Crippen LogP) is 2.26.